The van der Waals surface area contributed by atoms with E-state index in [9.17, 15) is 14.4 Å². The standard InChI is InChI=1S/C21H29N5O4S/c1-31-14-10-16(19(28)29)23-18(27)9-3-2-6-11-22-21(30)26-13-12-25-17-8-5-4-7-15(17)24-20(25)26/h4-5,7-8,16H,2-3,6,9-14H2,1H3,(H,22,30)(H,23,27)(H,28,29). The number of amides is 3. The lowest BCUT2D eigenvalue weighted by atomic mass is 10.1. The van der Waals surface area contributed by atoms with Gasteiger partial charge >= 0.3 is 12.0 Å². The van der Waals surface area contributed by atoms with Crippen LogP contribution in [0.2, 0.25) is 0 Å². The molecule has 1 aromatic heterocycles. The molecule has 0 saturated heterocycles. The van der Waals surface area contributed by atoms with Crippen molar-refractivity contribution in [3.63, 3.8) is 0 Å². The number of benzene rings is 1. The molecule has 0 aliphatic carbocycles. The average Bonchev–Trinajstić information content (AvgIpc) is 3.32. The second-order valence-electron chi connectivity index (χ2n) is 7.49. The van der Waals surface area contributed by atoms with Gasteiger partial charge in [-0.15, -0.1) is 0 Å². The van der Waals surface area contributed by atoms with E-state index in [1.54, 1.807) is 16.7 Å². The number of para-hydroxylation sites is 2. The first kappa shape index (κ1) is 22.9. The number of aliphatic carboxylic acids is 1. The Labute approximate surface area is 185 Å². The Balaban J connectivity index is 1.34. The fourth-order valence-electron chi connectivity index (χ4n) is 3.62. The first-order valence-electron chi connectivity index (χ1n) is 10.5. The van der Waals surface area contributed by atoms with E-state index in [2.05, 4.69) is 20.2 Å². The van der Waals surface area contributed by atoms with Crippen LogP contribution in [0, 0.1) is 0 Å². The van der Waals surface area contributed by atoms with Crippen LogP contribution in [0.4, 0.5) is 10.7 Å². The van der Waals surface area contributed by atoms with Gasteiger partial charge < -0.3 is 20.3 Å². The Kier molecular flexibility index (Phi) is 8.16. The summed E-state index contributed by atoms with van der Waals surface area (Å²) in [6, 6.07) is 6.85. The van der Waals surface area contributed by atoms with Gasteiger partial charge in [-0.25, -0.2) is 14.6 Å². The summed E-state index contributed by atoms with van der Waals surface area (Å²) >= 11 is 1.55. The number of anilines is 1. The molecule has 0 spiro atoms. The molecule has 1 aliphatic heterocycles. The molecule has 0 radical (unpaired) electrons. The zero-order valence-electron chi connectivity index (χ0n) is 17.7. The van der Waals surface area contributed by atoms with Crippen LogP contribution in [-0.2, 0) is 16.1 Å². The zero-order valence-corrected chi connectivity index (χ0v) is 18.5. The molecule has 0 bridgehead atoms. The van der Waals surface area contributed by atoms with Crippen LogP contribution in [0.25, 0.3) is 11.0 Å². The quantitative estimate of drug-likeness (QED) is 0.456. The lowest BCUT2D eigenvalue weighted by Gasteiger charge is -2.15. The Morgan fingerprint density at radius 3 is 2.77 bits per heavy atom. The van der Waals surface area contributed by atoms with Crippen LogP contribution < -0.4 is 15.5 Å². The molecule has 1 aromatic carbocycles. The first-order valence-corrected chi connectivity index (χ1v) is 11.9. The Bertz CT molecular complexity index is 932. The molecule has 3 N–H and O–H groups in total. The Hall–Kier alpha value is -2.75. The fraction of sp³-hybridized carbons (Fsp3) is 0.524. The van der Waals surface area contributed by atoms with Crippen LogP contribution >= 0.6 is 11.8 Å². The minimum atomic E-state index is -0.999. The van der Waals surface area contributed by atoms with E-state index in [0.717, 1.165) is 30.4 Å². The number of aromatic nitrogens is 2. The molecule has 1 aliphatic rings. The number of nitrogens with zero attached hydrogens (tertiary/aromatic N) is 3. The molecular weight excluding hydrogens is 418 g/mol. The number of carbonyl (C=O) groups excluding carboxylic acids is 2. The van der Waals surface area contributed by atoms with Crippen LogP contribution in [0.5, 0.6) is 0 Å². The maximum atomic E-state index is 12.5. The number of carboxylic acid groups (broad SMARTS) is 1. The van der Waals surface area contributed by atoms with Crippen LogP contribution in [0.15, 0.2) is 24.3 Å². The van der Waals surface area contributed by atoms with E-state index in [1.165, 1.54) is 0 Å². The van der Waals surface area contributed by atoms with E-state index in [0.29, 0.717) is 37.6 Å². The van der Waals surface area contributed by atoms with Gasteiger partial charge in [0, 0.05) is 26.1 Å². The number of hydrogen-bond acceptors (Lipinski definition) is 5. The van der Waals surface area contributed by atoms with Gasteiger partial charge in [0.05, 0.1) is 11.0 Å². The van der Waals surface area contributed by atoms with Crippen molar-refractivity contribution in [2.45, 2.75) is 44.7 Å². The van der Waals surface area contributed by atoms with Crippen LogP contribution in [-0.4, -0.2) is 63.7 Å². The van der Waals surface area contributed by atoms with Crippen LogP contribution in [0.1, 0.15) is 32.1 Å². The lowest BCUT2D eigenvalue weighted by Crippen LogP contribution is -2.41. The van der Waals surface area contributed by atoms with Crippen molar-refractivity contribution in [1.29, 1.82) is 0 Å². The minimum absolute atomic E-state index is 0.162. The summed E-state index contributed by atoms with van der Waals surface area (Å²) in [6.07, 6.45) is 4.77. The fourth-order valence-corrected chi connectivity index (χ4v) is 4.09. The van der Waals surface area contributed by atoms with E-state index in [4.69, 9.17) is 5.11 Å². The molecular formula is C21H29N5O4S. The van der Waals surface area contributed by atoms with Crippen molar-refractivity contribution < 1.29 is 19.5 Å². The van der Waals surface area contributed by atoms with Crippen molar-refractivity contribution in [3.05, 3.63) is 24.3 Å². The summed E-state index contributed by atoms with van der Waals surface area (Å²) in [5.74, 6) is 0.114. The molecule has 3 rings (SSSR count). The molecule has 2 aromatic rings. The number of urea groups is 1. The highest BCUT2D eigenvalue weighted by Gasteiger charge is 2.28. The molecule has 0 fully saturated rings. The van der Waals surface area contributed by atoms with Gasteiger partial charge in [-0.2, -0.15) is 11.8 Å². The molecule has 1 unspecified atom stereocenters. The zero-order chi connectivity index (χ0) is 22.2. The number of rotatable bonds is 11. The third kappa shape index (κ3) is 5.90. The maximum Gasteiger partial charge on any atom is 0.326 e. The van der Waals surface area contributed by atoms with E-state index in [-0.39, 0.29) is 18.4 Å². The van der Waals surface area contributed by atoms with Crippen molar-refractivity contribution in [2.24, 2.45) is 0 Å². The third-order valence-electron chi connectivity index (χ3n) is 5.27. The summed E-state index contributed by atoms with van der Waals surface area (Å²) in [7, 11) is 0. The van der Waals surface area contributed by atoms with E-state index >= 15 is 0 Å². The van der Waals surface area contributed by atoms with Crippen molar-refractivity contribution in [1.82, 2.24) is 20.2 Å². The largest absolute Gasteiger partial charge is 0.480 e. The van der Waals surface area contributed by atoms with Gasteiger partial charge in [-0.1, -0.05) is 18.6 Å². The Morgan fingerprint density at radius 1 is 1.19 bits per heavy atom. The first-order chi connectivity index (χ1) is 15.0. The van der Waals surface area contributed by atoms with Crippen molar-refractivity contribution >= 4 is 46.7 Å². The molecule has 10 heteroatoms. The number of fused-ring (bicyclic) bond motifs is 3. The number of nitrogens with one attached hydrogen (secondary N) is 2. The highest BCUT2D eigenvalue weighted by Crippen LogP contribution is 2.26. The van der Waals surface area contributed by atoms with Gasteiger partial charge in [-0.05, 0) is 43.4 Å². The molecule has 0 saturated carbocycles. The summed E-state index contributed by atoms with van der Waals surface area (Å²) in [5, 5.41) is 14.7. The molecule has 9 nitrogen and oxygen atoms in total. The SMILES string of the molecule is CSCCC(NC(=O)CCCCCNC(=O)N1CCn2c1nc1ccccc12)C(=O)O. The lowest BCUT2D eigenvalue weighted by molar-refractivity contribution is -0.141. The highest BCUT2D eigenvalue weighted by molar-refractivity contribution is 7.98. The normalized spacial score (nSPS) is 13.8. The van der Waals surface area contributed by atoms with Gasteiger partial charge in [0.25, 0.3) is 0 Å². The van der Waals surface area contributed by atoms with Gasteiger partial charge in [0.2, 0.25) is 11.9 Å². The Morgan fingerprint density at radius 2 is 2.00 bits per heavy atom. The van der Waals surface area contributed by atoms with Crippen molar-refractivity contribution in [2.75, 3.05) is 30.0 Å². The van der Waals surface area contributed by atoms with Gasteiger partial charge in [-0.3, -0.25) is 9.69 Å². The summed E-state index contributed by atoms with van der Waals surface area (Å²) in [6.45, 7) is 1.84. The molecule has 31 heavy (non-hydrogen) atoms. The average molecular weight is 448 g/mol. The monoisotopic (exact) mass is 447 g/mol. The summed E-state index contributed by atoms with van der Waals surface area (Å²) in [5.41, 5.74) is 1.91. The minimum Gasteiger partial charge on any atom is -0.480 e. The van der Waals surface area contributed by atoms with E-state index < -0.39 is 12.0 Å². The topological polar surface area (TPSA) is 117 Å². The van der Waals surface area contributed by atoms with Crippen LogP contribution in [0.3, 0.4) is 0 Å². The number of imidazole rings is 1. The maximum absolute atomic E-state index is 12.5. The summed E-state index contributed by atoms with van der Waals surface area (Å²) < 4.78 is 2.05. The molecule has 1 atom stereocenters. The highest BCUT2D eigenvalue weighted by atomic mass is 32.2. The third-order valence-corrected chi connectivity index (χ3v) is 5.91. The molecule has 3 amide bonds. The van der Waals surface area contributed by atoms with Crippen molar-refractivity contribution in [3.8, 4) is 0 Å². The predicted octanol–water partition coefficient (Wildman–Crippen LogP) is 2.45. The number of thioether (sulfide) groups is 1. The number of carboxylic acids is 1. The smallest absolute Gasteiger partial charge is 0.326 e. The number of unbranched alkanes of at least 4 members (excludes halogenated alkanes) is 2. The second kappa shape index (κ2) is 11.0. The molecule has 168 valence electrons. The van der Waals surface area contributed by atoms with E-state index in [1.807, 2.05) is 30.5 Å². The summed E-state index contributed by atoms with van der Waals surface area (Å²) in [4.78, 5) is 41.9. The van der Waals surface area contributed by atoms with Gasteiger partial charge in [0.1, 0.15) is 6.04 Å². The predicted molar refractivity (Wildman–Crippen MR) is 122 cm³/mol. The number of hydrogen-bond donors (Lipinski definition) is 3. The molecule has 2 heterocycles. The van der Waals surface area contributed by atoms with Gasteiger partial charge in [0.15, 0.2) is 0 Å². The second-order valence-corrected chi connectivity index (χ2v) is 8.47. The number of carbonyl (C=O) groups is 3.